The number of hydrogen-bond acceptors (Lipinski definition) is 4. The molecule has 0 aliphatic heterocycles. The second-order valence-electron chi connectivity index (χ2n) is 5.42. The number of rotatable bonds is 6. The van der Waals surface area contributed by atoms with Gasteiger partial charge in [0.15, 0.2) is 0 Å². The normalized spacial score (nSPS) is 11.2. The van der Waals surface area contributed by atoms with Crippen LogP contribution in [0.1, 0.15) is 11.1 Å². The van der Waals surface area contributed by atoms with Crippen LogP contribution in [0.25, 0.3) is 0 Å². The van der Waals surface area contributed by atoms with Gasteiger partial charge >= 0.3 is 0 Å². The predicted octanol–water partition coefficient (Wildman–Crippen LogP) is 3.33. The average Bonchev–Trinajstić information content (AvgIpc) is 2.61. The molecule has 0 bridgehead atoms. The summed E-state index contributed by atoms with van der Waals surface area (Å²) in [6.07, 6.45) is 0.245. The van der Waals surface area contributed by atoms with Gasteiger partial charge in [-0.2, -0.15) is 5.26 Å². The van der Waals surface area contributed by atoms with E-state index in [1.807, 2.05) is 31.2 Å². The minimum absolute atomic E-state index is 0.245. The highest BCUT2D eigenvalue weighted by molar-refractivity contribution is 5.94. The Kier molecular flexibility index (Phi) is 5.80. The Morgan fingerprint density at radius 1 is 1.17 bits per heavy atom. The van der Waals surface area contributed by atoms with E-state index in [1.165, 1.54) is 0 Å². The number of methoxy groups -OCH3 is 2. The van der Waals surface area contributed by atoms with Crippen molar-refractivity contribution in [2.45, 2.75) is 13.3 Å². The summed E-state index contributed by atoms with van der Waals surface area (Å²) in [5.41, 5.74) is 2.52. The van der Waals surface area contributed by atoms with Gasteiger partial charge in [-0.1, -0.05) is 17.7 Å². The number of hydrogen-bond donors (Lipinski definition) is 1. The number of carbonyl (C=O) groups excluding carboxylic acids is 1. The number of nitrogens with one attached hydrogen (secondary N) is 1. The van der Waals surface area contributed by atoms with Crippen LogP contribution >= 0.6 is 0 Å². The van der Waals surface area contributed by atoms with Gasteiger partial charge in [-0.25, -0.2) is 0 Å². The van der Waals surface area contributed by atoms with Crippen LogP contribution in [0.3, 0.4) is 0 Å². The number of aryl methyl sites for hydroxylation is 1. The summed E-state index contributed by atoms with van der Waals surface area (Å²) in [5.74, 6) is 0.110. The third-order valence-corrected chi connectivity index (χ3v) is 3.70. The van der Waals surface area contributed by atoms with Crippen molar-refractivity contribution in [1.82, 2.24) is 0 Å². The largest absolute Gasteiger partial charge is 0.497 e. The van der Waals surface area contributed by atoms with Crippen LogP contribution < -0.4 is 14.8 Å². The SMILES string of the molecule is COc1ccc(OC)c(C[C@H](C#N)C(=O)Nc2ccc(C)cc2)c1. The quantitative estimate of drug-likeness (QED) is 0.884. The molecule has 1 N–H and O–H groups in total. The van der Waals surface area contributed by atoms with Gasteiger partial charge in [-0.05, 0) is 42.8 Å². The molecular formula is C19H20N2O3. The fraction of sp³-hybridized carbons (Fsp3) is 0.263. The van der Waals surface area contributed by atoms with Crippen LogP contribution in [0.15, 0.2) is 42.5 Å². The van der Waals surface area contributed by atoms with Crippen molar-refractivity contribution < 1.29 is 14.3 Å². The predicted molar refractivity (Wildman–Crippen MR) is 92.2 cm³/mol. The standard InChI is InChI=1S/C19H20N2O3/c1-13-4-6-16(7-5-13)21-19(22)15(12-20)10-14-11-17(23-2)8-9-18(14)24-3/h4-9,11,15H,10H2,1-3H3,(H,21,22)/t15-/m1/s1. The number of nitrogens with zero attached hydrogens (tertiary/aromatic N) is 1. The molecular weight excluding hydrogens is 304 g/mol. The van der Waals surface area contributed by atoms with Crippen molar-refractivity contribution >= 4 is 11.6 Å². The molecule has 24 heavy (non-hydrogen) atoms. The fourth-order valence-electron chi connectivity index (χ4n) is 2.32. The Labute approximate surface area is 141 Å². The van der Waals surface area contributed by atoms with Crippen molar-refractivity contribution in [2.24, 2.45) is 5.92 Å². The average molecular weight is 324 g/mol. The lowest BCUT2D eigenvalue weighted by Crippen LogP contribution is -2.23. The van der Waals surface area contributed by atoms with Crippen molar-refractivity contribution in [3.63, 3.8) is 0 Å². The van der Waals surface area contributed by atoms with Crippen LogP contribution in [-0.4, -0.2) is 20.1 Å². The van der Waals surface area contributed by atoms with E-state index >= 15 is 0 Å². The van der Waals surface area contributed by atoms with Crippen molar-refractivity contribution in [3.8, 4) is 17.6 Å². The second kappa shape index (κ2) is 8.02. The molecule has 1 atom stereocenters. The lowest BCUT2D eigenvalue weighted by atomic mass is 9.98. The summed E-state index contributed by atoms with van der Waals surface area (Å²) < 4.78 is 10.5. The van der Waals surface area contributed by atoms with Crippen LogP contribution in [0.2, 0.25) is 0 Å². The van der Waals surface area contributed by atoms with Crippen molar-refractivity contribution in [3.05, 3.63) is 53.6 Å². The van der Waals surface area contributed by atoms with Crippen LogP contribution in [0.5, 0.6) is 11.5 Å². The van der Waals surface area contributed by atoms with E-state index in [-0.39, 0.29) is 12.3 Å². The van der Waals surface area contributed by atoms with Gasteiger partial charge in [0.05, 0.1) is 20.3 Å². The molecule has 0 aliphatic carbocycles. The Morgan fingerprint density at radius 2 is 1.88 bits per heavy atom. The zero-order chi connectivity index (χ0) is 17.5. The molecule has 0 unspecified atom stereocenters. The summed E-state index contributed by atoms with van der Waals surface area (Å²) in [4.78, 5) is 12.4. The summed E-state index contributed by atoms with van der Waals surface area (Å²) in [7, 11) is 3.12. The first-order chi connectivity index (χ1) is 11.6. The molecule has 124 valence electrons. The number of ether oxygens (including phenoxy) is 2. The Balaban J connectivity index is 2.15. The molecule has 0 fully saturated rings. The van der Waals surface area contributed by atoms with E-state index in [0.717, 1.165) is 11.1 Å². The first kappa shape index (κ1) is 17.4. The minimum atomic E-state index is -0.827. The topological polar surface area (TPSA) is 71.3 Å². The van der Waals surface area contributed by atoms with Gasteiger partial charge in [0.1, 0.15) is 17.4 Å². The highest BCUT2D eigenvalue weighted by Crippen LogP contribution is 2.26. The summed E-state index contributed by atoms with van der Waals surface area (Å²) in [6, 6.07) is 14.8. The molecule has 2 aromatic rings. The number of amides is 1. The molecule has 0 aliphatic rings. The van der Waals surface area contributed by atoms with Crippen LogP contribution in [0.4, 0.5) is 5.69 Å². The van der Waals surface area contributed by atoms with Gasteiger partial charge in [0.25, 0.3) is 0 Å². The summed E-state index contributed by atoms with van der Waals surface area (Å²) in [6.45, 7) is 1.97. The van der Waals surface area contributed by atoms with Crippen LogP contribution in [0, 0.1) is 24.2 Å². The molecule has 0 radical (unpaired) electrons. The molecule has 2 aromatic carbocycles. The first-order valence-corrected chi connectivity index (χ1v) is 7.55. The molecule has 5 nitrogen and oxygen atoms in total. The molecule has 1 amide bonds. The lowest BCUT2D eigenvalue weighted by molar-refractivity contribution is -0.118. The van der Waals surface area contributed by atoms with Gasteiger partial charge in [0.2, 0.25) is 5.91 Å². The molecule has 0 aromatic heterocycles. The lowest BCUT2D eigenvalue weighted by Gasteiger charge is -2.14. The highest BCUT2D eigenvalue weighted by Gasteiger charge is 2.21. The highest BCUT2D eigenvalue weighted by atomic mass is 16.5. The molecule has 5 heteroatoms. The smallest absolute Gasteiger partial charge is 0.242 e. The van der Waals surface area contributed by atoms with E-state index in [2.05, 4.69) is 11.4 Å². The number of carbonyl (C=O) groups is 1. The van der Waals surface area contributed by atoms with Gasteiger partial charge < -0.3 is 14.8 Å². The first-order valence-electron chi connectivity index (χ1n) is 7.55. The van der Waals surface area contributed by atoms with E-state index in [1.54, 1.807) is 32.4 Å². The van der Waals surface area contributed by atoms with E-state index < -0.39 is 5.92 Å². The Bertz CT molecular complexity index is 748. The van der Waals surface area contributed by atoms with Crippen molar-refractivity contribution in [1.29, 1.82) is 5.26 Å². The van der Waals surface area contributed by atoms with Crippen molar-refractivity contribution in [2.75, 3.05) is 19.5 Å². The maximum atomic E-state index is 12.4. The molecule has 0 saturated carbocycles. The maximum Gasteiger partial charge on any atom is 0.242 e. The monoisotopic (exact) mass is 324 g/mol. The van der Waals surface area contributed by atoms with E-state index in [4.69, 9.17) is 9.47 Å². The maximum absolute atomic E-state index is 12.4. The third kappa shape index (κ3) is 4.26. The summed E-state index contributed by atoms with van der Waals surface area (Å²) in [5, 5.41) is 12.2. The molecule has 0 spiro atoms. The van der Waals surface area contributed by atoms with Gasteiger partial charge in [0, 0.05) is 12.1 Å². The van der Waals surface area contributed by atoms with E-state index in [0.29, 0.717) is 17.2 Å². The molecule has 0 heterocycles. The van der Waals surface area contributed by atoms with Crippen LogP contribution in [-0.2, 0) is 11.2 Å². The fourth-order valence-corrected chi connectivity index (χ4v) is 2.32. The zero-order valence-corrected chi connectivity index (χ0v) is 14.0. The molecule has 0 saturated heterocycles. The van der Waals surface area contributed by atoms with Gasteiger partial charge in [-0.3, -0.25) is 4.79 Å². The van der Waals surface area contributed by atoms with Gasteiger partial charge in [-0.15, -0.1) is 0 Å². The Hall–Kier alpha value is -3.00. The number of nitriles is 1. The van der Waals surface area contributed by atoms with E-state index in [9.17, 15) is 10.1 Å². The number of benzene rings is 2. The Morgan fingerprint density at radius 3 is 2.46 bits per heavy atom. The second-order valence-corrected chi connectivity index (χ2v) is 5.42. The molecule has 2 rings (SSSR count). The summed E-state index contributed by atoms with van der Waals surface area (Å²) >= 11 is 0. The minimum Gasteiger partial charge on any atom is -0.497 e. The third-order valence-electron chi connectivity index (χ3n) is 3.70. The number of anilines is 1. The zero-order valence-electron chi connectivity index (χ0n) is 14.0.